The van der Waals surface area contributed by atoms with Crippen LogP contribution in [0, 0.1) is 10.1 Å². The lowest BCUT2D eigenvalue weighted by Gasteiger charge is -2.19. The van der Waals surface area contributed by atoms with Crippen molar-refractivity contribution in [2.75, 3.05) is 10.8 Å². The summed E-state index contributed by atoms with van der Waals surface area (Å²) >= 11 is 5.91. The molecule has 0 saturated heterocycles. The van der Waals surface area contributed by atoms with Crippen LogP contribution < -0.4 is 4.31 Å². The predicted octanol–water partition coefficient (Wildman–Crippen LogP) is 3.00. The van der Waals surface area contributed by atoms with Crippen molar-refractivity contribution < 1.29 is 13.3 Å². The van der Waals surface area contributed by atoms with Crippen molar-refractivity contribution in [2.24, 2.45) is 0 Å². The highest BCUT2D eigenvalue weighted by molar-refractivity contribution is 7.93. The van der Waals surface area contributed by atoms with Crippen LogP contribution in [0.25, 0.3) is 0 Å². The minimum absolute atomic E-state index is 0.240. The number of sulfonamides is 1. The number of anilines is 1. The zero-order chi connectivity index (χ0) is 15.9. The van der Waals surface area contributed by atoms with Crippen molar-refractivity contribution in [3.8, 4) is 0 Å². The lowest BCUT2D eigenvalue weighted by atomic mass is 10.2. The number of fused-ring (bicyclic) bond motifs is 1. The number of halogens is 1. The van der Waals surface area contributed by atoms with Gasteiger partial charge in [0.2, 0.25) is 0 Å². The summed E-state index contributed by atoms with van der Waals surface area (Å²) in [5.41, 5.74) is 0.905. The molecule has 0 amide bonds. The van der Waals surface area contributed by atoms with Crippen molar-refractivity contribution in [3.63, 3.8) is 0 Å². The van der Waals surface area contributed by atoms with Crippen molar-refractivity contribution in [1.29, 1.82) is 0 Å². The van der Waals surface area contributed by atoms with E-state index in [0.29, 0.717) is 17.1 Å². The second kappa shape index (κ2) is 5.26. The van der Waals surface area contributed by atoms with Gasteiger partial charge in [-0.1, -0.05) is 23.7 Å². The molecule has 0 atom stereocenters. The van der Waals surface area contributed by atoms with E-state index in [1.54, 1.807) is 18.2 Å². The van der Waals surface area contributed by atoms with Gasteiger partial charge in [0, 0.05) is 17.6 Å². The second-order valence-corrected chi connectivity index (χ2v) is 7.09. The van der Waals surface area contributed by atoms with Crippen LogP contribution in [-0.2, 0) is 16.4 Å². The number of nitro groups is 1. The van der Waals surface area contributed by atoms with Gasteiger partial charge in [-0.25, -0.2) is 8.42 Å². The quantitative estimate of drug-likeness (QED) is 0.636. The highest BCUT2D eigenvalue weighted by Gasteiger charge is 2.35. The maximum atomic E-state index is 12.8. The molecule has 1 aliphatic heterocycles. The van der Waals surface area contributed by atoms with Crippen LogP contribution in [0.4, 0.5) is 11.4 Å². The Kier molecular flexibility index (Phi) is 3.54. The maximum absolute atomic E-state index is 12.8. The Bertz CT molecular complexity index is 867. The van der Waals surface area contributed by atoms with Gasteiger partial charge in [0.25, 0.3) is 15.7 Å². The monoisotopic (exact) mass is 338 g/mol. The Morgan fingerprint density at radius 2 is 1.91 bits per heavy atom. The van der Waals surface area contributed by atoms with Crippen LogP contribution in [0.3, 0.4) is 0 Å². The Morgan fingerprint density at radius 1 is 1.18 bits per heavy atom. The van der Waals surface area contributed by atoms with E-state index in [-0.39, 0.29) is 11.4 Å². The molecule has 8 heteroatoms. The van der Waals surface area contributed by atoms with Gasteiger partial charge in [0.15, 0.2) is 4.90 Å². The standard InChI is InChI=1S/C14H11ClN2O4S/c15-11-5-6-12-10(9-11)7-8-16(12)22(20,21)14-4-2-1-3-13(14)17(18)19/h1-6,9H,7-8H2. The molecule has 3 rings (SSSR count). The summed E-state index contributed by atoms with van der Waals surface area (Å²) in [6.45, 7) is 0.240. The smallest absolute Gasteiger partial charge is 0.266 e. The SMILES string of the molecule is O=[N+]([O-])c1ccccc1S(=O)(=O)N1CCc2cc(Cl)ccc21. The van der Waals surface area contributed by atoms with Crippen LogP contribution in [0.5, 0.6) is 0 Å². The first-order valence-electron chi connectivity index (χ1n) is 6.46. The van der Waals surface area contributed by atoms with Crippen LogP contribution in [-0.4, -0.2) is 19.9 Å². The lowest BCUT2D eigenvalue weighted by Crippen LogP contribution is -2.29. The van der Waals surface area contributed by atoms with E-state index in [4.69, 9.17) is 11.6 Å². The van der Waals surface area contributed by atoms with Crippen LogP contribution in [0.15, 0.2) is 47.4 Å². The number of nitro benzene ring substituents is 1. The minimum Gasteiger partial charge on any atom is -0.266 e. The zero-order valence-electron chi connectivity index (χ0n) is 11.3. The number of hydrogen-bond donors (Lipinski definition) is 0. The topological polar surface area (TPSA) is 80.5 Å². The van der Waals surface area contributed by atoms with Gasteiger partial charge >= 0.3 is 0 Å². The molecule has 1 heterocycles. The molecular weight excluding hydrogens is 328 g/mol. The summed E-state index contributed by atoms with van der Waals surface area (Å²) < 4.78 is 26.8. The van der Waals surface area contributed by atoms with E-state index in [1.807, 2.05) is 0 Å². The molecule has 0 spiro atoms. The summed E-state index contributed by atoms with van der Waals surface area (Å²) in [4.78, 5) is 10.1. The van der Waals surface area contributed by atoms with Crippen LogP contribution in [0.2, 0.25) is 5.02 Å². The molecule has 2 aromatic carbocycles. The maximum Gasteiger partial charge on any atom is 0.289 e. The summed E-state index contributed by atoms with van der Waals surface area (Å²) in [6.07, 6.45) is 0.524. The second-order valence-electron chi connectivity index (χ2n) is 4.83. The number of benzene rings is 2. The normalized spacial score (nSPS) is 14.0. The van der Waals surface area contributed by atoms with Crippen LogP contribution >= 0.6 is 11.6 Å². The van der Waals surface area contributed by atoms with Gasteiger partial charge in [-0.15, -0.1) is 0 Å². The first kappa shape index (κ1) is 14.8. The lowest BCUT2D eigenvalue weighted by molar-refractivity contribution is -0.387. The molecule has 0 saturated carbocycles. The molecule has 0 N–H and O–H groups in total. The van der Waals surface area contributed by atoms with Crippen molar-refractivity contribution >= 4 is 33.0 Å². The Morgan fingerprint density at radius 3 is 2.64 bits per heavy atom. The molecule has 1 aliphatic rings. The fourth-order valence-electron chi connectivity index (χ4n) is 2.53. The van der Waals surface area contributed by atoms with E-state index >= 15 is 0 Å². The number of nitrogens with zero attached hydrogens (tertiary/aromatic N) is 2. The van der Waals surface area contributed by atoms with Crippen molar-refractivity contribution in [1.82, 2.24) is 0 Å². The fraction of sp³-hybridized carbons (Fsp3) is 0.143. The molecule has 0 unspecified atom stereocenters. The van der Waals surface area contributed by atoms with Gasteiger partial charge in [-0.3, -0.25) is 14.4 Å². The van der Waals surface area contributed by atoms with Crippen LogP contribution in [0.1, 0.15) is 5.56 Å². The Labute approximate surface area is 132 Å². The third-order valence-corrected chi connectivity index (χ3v) is 5.62. The molecule has 6 nitrogen and oxygen atoms in total. The van der Waals surface area contributed by atoms with Gasteiger partial charge < -0.3 is 0 Å². The van der Waals surface area contributed by atoms with Crippen molar-refractivity contribution in [2.45, 2.75) is 11.3 Å². The number of rotatable bonds is 3. The molecule has 0 aliphatic carbocycles. The van der Waals surface area contributed by atoms with E-state index in [0.717, 1.165) is 5.56 Å². The summed E-state index contributed by atoms with van der Waals surface area (Å²) in [6, 6.07) is 10.3. The number of hydrogen-bond acceptors (Lipinski definition) is 4. The molecule has 2 aromatic rings. The fourth-order valence-corrected chi connectivity index (χ4v) is 4.39. The molecule has 114 valence electrons. The molecular formula is C14H11ClN2O4S. The molecule has 0 radical (unpaired) electrons. The summed E-state index contributed by atoms with van der Waals surface area (Å²) in [5, 5.41) is 11.6. The first-order chi connectivity index (χ1) is 10.4. The molecule has 22 heavy (non-hydrogen) atoms. The van der Waals surface area contributed by atoms with E-state index in [2.05, 4.69) is 0 Å². The highest BCUT2D eigenvalue weighted by Crippen LogP contribution is 2.36. The zero-order valence-corrected chi connectivity index (χ0v) is 12.8. The summed E-state index contributed by atoms with van der Waals surface area (Å²) in [7, 11) is -3.99. The predicted molar refractivity (Wildman–Crippen MR) is 82.8 cm³/mol. The van der Waals surface area contributed by atoms with E-state index < -0.39 is 20.6 Å². The third kappa shape index (κ3) is 2.32. The third-order valence-electron chi connectivity index (χ3n) is 3.52. The van der Waals surface area contributed by atoms with E-state index in [9.17, 15) is 18.5 Å². The van der Waals surface area contributed by atoms with Gasteiger partial charge in [0.1, 0.15) is 0 Å². The molecule has 0 fully saturated rings. The first-order valence-corrected chi connectivity index (χ1v) is 8.27. The average molecular weight is 339 g/mol. The van der Waals surface area contributed by atoms with E-state index in [1.165, 1.54) is 28.6 Å². The largest absolute Gasteiger partial charge is 0.289 e. The van der Waals surface area contributed by atoms with Gasteiger partial charge in [-0.05, 0) is 36.2 Å². The summed E-state index contributed by atoms with van der Waals surface area (Å²) in [5.74, 6) is 0. The molecule has 0 bridgehead atoms. The van der Waals surface area contributed by atoms with Gasteiger partial charge in [-0.2, -0.15) is 0 Å². The average Bonchev–Trinajstić information content (AvgIpc) is 2.90. The Hall–Kier alpha value is -2.12. The molecule has 0 aromatic heterocycles. The Balaban J connectivity index is 2.12. The minimum atomic E-state index is -3.99. The number of para-hydroxylation sites is 1. The van der Waals surface area contributed by atoms with Gasteiger partial charge in [0.05, 0.1) is 10.6 Å². The van der Waals surface area contributed by atoms with Crippen molar-refractivity contribution in [3.05, 3.63) is 63.2 Å². The highest BCUT2D eigenvalue weighted by atomic mass is 35.5.